The molecule has 46 heavy (non-hydrogen) atoms. The maximum atomic E-state index is 13.8. The van der Waals surface area contributed by atoms with Crippen molar-refractivity contribution < 1.29 is 27.3 Å². The van der Waals surface area contributed by atoms with Gasteiger partial charge in [-0.25, -0.2) is 0 Å². The summed E-state index contributed by atoms with van der Waals surface area (Å²) in [5.74, 6) is 0.725. The highest BCUT2D eigenvalue weighted by Crippen LogP contribution is 2.58. The van der Waals surface area contributed by atoms with E-state index >= 15 is 0 Å². The van der Waals surface area contributed by atoms with Gasteiger partial charge in [-0.3, -0.25) is 18.8 Å². The molecule has 0 saturated heterocycles. The Labute approximate surface area is 268 Å². The number of aromatic nitrogens is 2. The number of amides is 2. The van der Waals surface area contributed by atoms with Crippen LogP contribution in [0.25, 0.3) is 11.1 Å². The van der Waals surface area contributed by atoms with Crippen LogP contribution in [0.15, 0.2) is 73.1 Å². The topological polar surface area (TPSA) is 131 Å². The summed E-state index contributed by atoms with van der Waals surface area (Å²) in [5.41, 5.74) is 7.69. The lowest BCUT2D eigenvalue weighted by atomic mass is 9.92. The van der Waals surface area contributed by atoms with E-state index in [4.69, 9.17) is 9.29 Å². The minimum absolute atomic E-state index is 0.0226. The van der Waals surface area contributed by atoms with Gasteiger partial charge in [-0.1, -0.05) is 36.4 Å². The Bertz CT molecular complexity index is 1950. The van der Waals surface area contributed by atoms with Gasteiger partial charge in [-0.05, 0) is 90.6 Å². The second kappa shape index (κ2) is 11.7. The molecule has 2 N–H and O–H groups in total. The molecule has 1 aliphatic heterocycles. The zero-order valence-electron chi connectivity index (χ0n) is 25.7. The molecule has 1 aromatic heterocycles. The van der Waals surface area contributed by atoms with Gasteiger partial charge in [0.2, 0.25) is 5.91 Å². The molecular weight excluding hydrogens is 604 g/mol. The van der Waals surface area contributed by atoms with Gasteiger partial charge in [-0.15, -0.1) is 0 Å². The molecule has 2 unspecified atom stereocenters. The van der Waals surface area contributed by atoms with E-state index < -0.39 is 21.9 Å². The highest BCUT2D eigenvalue weighted by Gasteiger charge is 2.52. The van der Waals surface area contributed by atoms with Crippen LogP contribution in [-0.4, -0.2) is 53.6 Å². The molecule has 10 nitrogen and oxygen atoms in total. The summed E-state index contributed by atoms with van der Waals surface area (Å²) in [7, 11) is -4.32. The number of rotatable bonds is 10. The third-order valence-electron chi connectivity index (χ3n) is 9.49. The van der Waals surface area contributed by atoms with E-state index in [-0.39, 0.29) is 23.3 Å². The molecule has 2 amide bonds. The van der Waals surface area contributed by atoms with Crippen molar-refractivity contribution >= 4 is 27.6 Å². The highest BCUT2D eigenvalue weighted by atomic mass is 32.2. The summed E-state index contributed by atoms with van der Waals surface area (Å²) in [6, 6.07) is 19.1. The van der Waals surface area contributed by atoms with E-state index in [9.17, 15) is 18.0 Å². The Morgan fingerprint density at radius 2 is 1.87 bits per heavy atom. The summed E-state index contributed by atoms with van der Waals surface area (Å²) in [6.07, 6.45) is 5.72. The quantitative estimate of drug-likeness (QED) is 0.235. The van der Waals surface area contributed by atoms with E-state index in [2.05, 4.69) is 42.5 Å². The van der Waals surface area contributed by atoms with Gasteiger partial charge >= 0.3 is 0 Å². The molecule has 238 valence electrons. The minimum atomic E-state index is -4.32. The van der Waals surface area contributed by atoms with Crippen molar-refractivity contribution in [3.05, 3.63) is 101 Å². The van der Waals surface area contributed by atoms with Gasteiger partial charge in [0.05, 0.1) is 19.3 Å². The predicted octanol–water partition coefficient (Wildman–Crippen LogP) is 4.96. The van der Waals surface area contributed by atoms with Gasteiger partial charge < -0.3 is 15.0 Å². The van der Waals surface area contributed by atoms with E-state index in [0.29, 0.717) is 25.0 Å². The van der Waals surface area contributed by atoms with Gasteiger partial charge in [0.25, 0.3) is 16.0 Å². The molecule has 0 bridgehead atoms. The third kappa shape index (κ3) is 6.17. The third-order valence-corrected chi connectivity index (χ3v) is 10.0. The molecule has 2 fully saturated rings. The lowest BCUT2D eigenvalue weighted by Crippen LogP contribution is -2.37. The Balaban J connectivity index is 1.05. The average molecular weight is 641 g/mol. The Morgan fingerprint density at radius 3 is 2.70 bits per heavy atom. The van der Waals surface area contributed by atoms with Crippen LogP contribution in [0.2, 0.25) is 0 Å². The monoisotopic (exact) mass is 640 g/mol. The summed E-state index contributed by atoms with van der Waals surface area (Å²) < 4.78 is 38.9. The lowest BCUT2D eigenvalue weighted by Gasteiger charge is -2.31. The Kier molecular flexibility index (Phi) is 7.68. The molecular formula is C35H36N4O6S. The summed E-state index contributed by atoms with van der Waals surface area (Å²) >= 11 is 0. The summed E-state index contributed by atoms with van der Waals surface area (Å²) in [6.45, 7) is 5.85. The van der Waals surface area contributed by atoms with Crippen molar-refractivity contribution in [1.29, 1.82) is 0 Å². The van der Waals surface area contributed by atoms with Crippen molar-refractivity contribution in [3.63, 3.8) is 0 Å². The molecule has 4 atom stereocenters. The number of nitrogens with zero attached hydrogens (tertiary/aromatic N) is 3. The molecule has 3 aliphatic rings. The number of ether oxygens (including phenoxy) is 1. The average Bonchev–Trinajstić information content (AvgIpc) is 3.95. The number of benzene rings is 3. The van der Waals surface area contributed by atoms with E-state index in [1.54, 1.807) is 22.9 Å². The van der Waals surface area contributed by atoms with Crippen LogP contribution in [0.3, 0.4) is 0 Å². The smallest absolute Gasteiger partial charge is 0.283 e. The van der Waals surface area contributed by atoms with Crippen molar-refractivity contribution in [2.75, 3.05) is 23.9 Å². The van der Waals surface area contributed by atoms with Crippen LogP contribution in [0.5, 0.6) is 5.75 Å². The number of aryl methyl sites for hydroxylation is 1. The second-order valence-electron chi connectivity index (χ2n) is 12.8. The first-order chi connectivity index (χ1) is 22.1. The van der Waals surface area contributed by atoms with Crippen LogP contribution in [0, 0.1) is 31.6 Å². The minimum Gasteiger partial charge on any atom is -0.493 e. The zero-order valence-corrected chi connectivity index (χ0v) is 26.5. The number of hydrogen-bond donors (Lipinski definition) is 2. The fourth-order valence-electron chi connectivity index (χ4n) is 6.63. The van der Waals surface area contributed by atoms with Crippen LogP contribution in [0.4, 0.5) is 5.69 Å². The molecule has 2 heterocycles. The molecule has 0 spiro atoms. The number of carbonyl (C=O) groups excluding carboxylic acids is 2. The number of nitrogens with one attached hydrogen (secondary N) is 1. The summed E-state index contributed by atoms with van der Waals surface area (Å²) in [5, 5.41) is 6.79. The van der Waals surface area contributed by atoms with Gasteiger partial charge in [0.15, 0.2) is 0 Å². The molecule has 11 heteroatoms. The SMILES string of the molecule is Cc1cccc(OCC2CC2C(=O)N2C[C@@H]3C[C@@H]3c3c(-c4cnn(Cc5cccc(C(=O)NCS(=O)(=O)O)c5)c4)cccc32)c1C. The van der Waals surface area contributed by atoms with Crippen LogP contribution in [0.1, 0.15) is 51.4 Å². The maximum absolute atomic E-state index is 13.8. The van der Waals surface area contributed by atoms with E-state index in [1.807, 2.05) is 41.6 Å². The number of anilines is 1. The largest absolute Gasteiger partial charge is 0.493 e. The first-order valence-corrected chi connectivity index (χ1v) is 17.1. The van der Waals surface area contributed by atoms with E-state index in [0.717, 1.165) is 53.1 Å². The fourth-order valence-corrected chi connectivity index (χ4v) is 6.95. The van der Waals surface area contributed by atoms with Crippen LogP contribution in [-0.2, 0) is 21.5 Å². The number of hydrogen-bond acceptors (Lipinski definition) is 6. The van der Waals surface area contributed by atoms with Gasteiger partial charge in [0.1, 0.15) is 11.6 Å². The lowest BCUT2D eigenvalue weighted by molar-refractivity contribution is -0.120. The molecule has 7 rings (SSSR count). The Hall–Kier alpha value is -4.48. The second-order valence-corrected chi connectivity index (χ2v) is 14.2. The van der Waals surface area contributed by atoms with Crippen LogP contribution < -0.4 is 15.0 Å². The van der Waals surface area contributed by atoms with Gasteiger partial charge in [0, 0.05) is 41.4 Å². The molecule has 2 saturated carbocycles. The van der Waals surface area contributed by atoms with Crippen molar-refractivity contribution in [2.45, 2.75) is 39.2 Å². The first kappa shape index (κ1) is 30.2. The van der Waals surface area contributed by atoms with Crippen molar-refractivity contribution in [2.24, 2.45) is 17.8 Å². The molecule has 3 aromatic carbocycles. The first-order valence-electron chi connectivity index (χ1n) is 15.5. The van der Waals surface area contributed by atoms with E-state index in [1.165, 1.54) is 11.1 Å². The highest BCUT2D eigenvalue weighted by molar-refractivity contribution is 7.85. The number of carbonyl (C=O) groups is 2. The normalized spacial score (nSPS) is 21.2. The molecule has 4 aromatic rings. The fraction of sp³-hybridized carbons (Fsp3) is 0.343. The Morgan fingerprint density at radius 1 is 1.07 bits per heavy atom. The standard InChI is InChI=1S/C35H36N4O6S/c1-21-6-3-11-32(22(21)2)45-19-26-14-30(26)35(41)39-18-25-13-29(25)33-28(9-5-10-31(33)39)27-15-37-38(17-27)16-23-7-4-8-24(12-23)34(40)36-20-46(42,43)44/h3-12,15,17,25-26,29-30H,13-14,16,18-20H2,1-2H3,(H,36,40)(H,42,43,44)/t25-,26?,29-,30?/m0/s1. The van der Waals surface area contributed by atoms with Crippen LogP contribution >= 0.6 is 0 Å². The van der Waals surface area contributed by atoms with Crippen molar-refractivity contribution in [1.82, 2.24) is 15.1 Å². The molecule has 0 radical (unpaired) electrons. The number of fused-ring (bicyclic) bond motifs is 3. The predicted molar refractivity (Wildman–Crippen MR) is 173 cm³/mol. The zero-order chi connectivity index (χ0) is 32.2. The summed E-state index contributed by atoms with van der Waals surface area (Å²) in [4.78, 5) is 28.2. The maximum Gasteiger partial charge on any atom is 0.283 e. The van der Waals surface area contributed by atoms with Crippen molar-refractivity contribution in [3.8, 4) is 16.9 Å². The van der Waals surface area contributed by atoms with Gasteiger partial charge in [-0.2, -0.15) is 13.5 Å². The molecule has 2 aliphatic carbocycles.